The Labute approximate surface area is 76.5 Å². The smallest absolute Gasteiger partial charge is 0.329 e. The van der Waals surface area contributed by atoms with Crippen molar-refractivity contribution in [2.75, 3.05) is 0 Å². The van der Waals surface area contributed by atoms with E-state index in [-0.39, 0.29) is 11.9 Å². The van der Waals surface area contributed by atoms with Gasteiger partial charge in [0.1, 0.15) is 5.54 Å². The van der Waals surface area contributed by atoms with Crippen molar-refractivity contribution < 1.29 is 14.7 Å². The predicted molar refractivity (Wildman–Crippen MR) is 45.1 cm³/mol. The largest absolute Gasteiger partial charge is 0.479 e. The van der Waals surface area contributed by atoms with Crippen LogP contribution in [0, 0.1) is 5.92 Å². The number of nitrogens with zero attached hydrogens (tertiary/aromatic N) is 1. The minimum Gasteiger partial charge on any atom is -0.479 e. The van der Waals surface area contributed by atoms with Crippen LogP contribution in [0.5, 0.6) is 0 Å². The lowest BCUT2D eigenvalue weighted by Crippen LogP contribution is -2.54. The quantitative estimate of drug-likeness (QED) is 0.643. The lowest BCUT2D eigenvalue weighted by Gasteiger charge is -2.37. The maximum absolute atomic E-state index is 11.3. The lowest BCUT2D eigenvalue weighted by molar-refractivity contribution is -0.158. The van der Waals surface area contributed by atoms with Gasteiger partial charge in [0.25, 0.3) is 0 Å². The zero-order chi connectivity index (χ0) is 9.80. The SMILES string of the molecule is CC(=O)N1C(C)C2CC1(C(=O)O)C2. The van der Waals surface area contributed by atoms with E-state index in [1.54, 1.807) is 4.90 Å². The van der Waals surface area contributed by atoms with Crippen LogP contribution in [0.4, 0.5) is 0 Å². The fourth-order valence-electron chi connectivity index (χ4n) is 2.81. The zero-order valence-electron chi connectivity index (χ0n) is 7.78. The van der Waals surface area contributed by atoms with Crippen LogP contribution in [0.2, 0.25) is 0 Å². The average molecular weight is 183 g/mol. The third kappa shape index (κ3) is 0.806. The van der Waals surface area contributed by atoms with E-state index in [9.17, 15) is 9.59 Å². The van der Waals surface area contributed by atoms with Crippen molar-refractivity contribution in [3.63, 3.8) is 0 Å². The highest BCUT2D eigenvalue weighted by Crippen LogP contribution is 2.54. The molecule has 1 N–H and O–H groups in total. The van der Waals surface area contributed by atoms with Crippen LogP contribution in [0.25, 0.3) is 0 Å². The Bertz CT molecular complexity index is 281. The molecule has 2 saturated heterocycles. The van der Waals surface area contributed by atoms with Gasteiger partial charge in [-0.2, -0.15) is 0 Å². The number of rotatable bonds is 1. The van der Waals surface area contributed by atoms with Gasteiger partial charge < -0.3 is 10.0 Å². The first-order chi connectivity index (χ1) is 5.99. The third-order valence-electron chi connectivity index (χ3n) is 3.49. The highest BCUT2D eigenvalue weighted by Gasteiger charge is 2.65. The molecule has 0 aromatic carbocycles. The van der Waals surface area contributed by atoms with E-state index in [1.165, 1.54) is 6.92 Å². The molecule has 3 rings (SSSR count). The molecule has 2 aliphatic heterocycles. The minimum absolute atomic E-state index is 0.105. The molecular weight excluding hydrogens is 170 g/mol. The second kappa shape index (κ2) is 2.25. The molecule has 1 saturated carbocycles. The molecule has 0 spiro atoms. The van der Waals surface area contributed by atoms with E-state index in [4.69, 9.17) is 5.11 Å². The molecule has 2 bridgehead atoms. The van der Waals surface area contributed by atoms with Gasteiger partial charge in [0, 0.05) is 13.0 Å². The first-order valence-corrected chi connectivity index (χ1v) is 4.52. The molecule has 0 aromatic heterocycles. The molecule has 3 aliphatic rings. The summed E-state index contributed by atoms with van der Waals surface area (Å²) in [6.07, 6.45) is 1.28. The highest BCUT2D eigenvalue weighted by atomic mass is 16.4. The Morgan fingerprint density at radius 3 is 2.31 bits per heavy atom. The van der Waals surface area contributed by atoms with Crippen LogP contribution in [0.1, 0.15) is 26.7 Å². The van der Waals surface area contributed by atoms with Gasteiger partial charge in [-0.1, -0.05) is 0 Å². The van der Waals surface area contributed by atoms with Gasteiger partial charge in [0.15, 0.2) is 0 Å². The van der Waals surface area contributed by atoms with Crippen LogP contribution < -0.4 is 0 Å². The molecule has 4 nitrogen and oxygen atoms in total. The number of fused-ring (bicyclic) bond motifs is 1. The molecular formula is C9H13NO3. The van der Waals surface area contributed by atoms with Crippen LogP contribution in [-0.4, -0.2) is 33.5 Å². The summed E-state index contributed by atoms with van der Waals surface area (Å²) in [6.45, 7) is 3.38. The van der Waals surface area contributed by atoms with Crippen molar-refractivity contribution in [3.05, 3.63) is 0 Å². The molecule has 1 unspecified atom stereocenters. The van der Waals surface area contributed by atoms with E-state index in [1.807, 2.05) is 6.92 Å². The Morgan fingerprint density at radius 1 is 1.46 bits per heavy atom. The molecule has 13 heavy (non-hydrogen) atoms. The number of carboxylic acid groups (broad SMARTS) is 1. The number of hydrogen-bond acceptors (Lipinski definition) is 2. The molecule has 0 aromatic rings. The zero-order valence-corrected chi connectivity index (χ0v) is 7.78. The van der Waals surface area contributed by atoms with E-state index in [0.29, 0.717) is 18.8 Å². The molecule has 3 fully saturated rings. The van der Waals surface area contributed by atoms with Crippen LogP contribution in [-0.2, 0) is 9.59 Å². The van der Waals surface area contributed by atoms with E-state index < -0.39 is 11.5 Å². The van der Waals surface area contributed by atoms with Crippen molar-refractivity contribution in [3.8, 4) is 0 Å². The number of hydrogen-bond donors (Lipinski definition) is 1. The Morgan fingerprint density at radius 2 is 2.00 bits per heavy atom. The monoisotopic (exact) mass is 183 g/mol. The fraction of sp³-hybridized carbons (Fsp3) is 0.778. The molecule has 1 amide bonds. The molecule has 1 aliphatic carbocycles. The number of carbonyl (C=O) groups is 2. The third-order valence-corrected chi connectivity index (χ3v) is 3.49. The van der Waals surface area contributed by atoms with Crippen molar-refractivity contribution in [2.45, 2.75) is 38.3 Å². The number of carboxylic acids is 1. The van der Waals surface area contributed by atoms with E-state index in [2.05, 4.69) is 0 Å². The van der Waals surface area contributed by atoms with Gasteiger partial charge in [-0.05, 0) is 25.7 Å². The second-order valence-corrected chi connectivity index (χ2v) is 4.13. The maximum atomic E-state index is 11.3. The van der Waals surface area contributed by atoms with E-state index >= 15 is 0 Å². The summed E-state index contributed by atoms with van der Waals surface area (Å²) in [6, 6.07) is 0.105. The Hall–Kier alpha value is -1.06. The highest BCUT2D eigenvalue weighted by molar-refractivity contribution is 5.89. The topological polar surface area (TPSA) is 57.6 Å². The number of aliphatic carboxylic acids is 1. The number of carbonyl (C=O) groups excluding carboxylic acids is 1. The molecule has 1 atom stereocenters. The standard InChI is InChI=1S/C9H13NO3/c1-5-7-3-9(4-7,8(12)13)10(5)6(2)11/h5,7H,3-4H2,1-2H3,(H,12,13). The summed E-state index contributed by atoms with van der Waals surface area (Å²) in [5.74, 6) is -0.557. The van der Waals surface area contributed by atoms with Crippen molar-refractivity contribution in [1.29, 1.82) is 0 Å². The summed E-state index contributed by atoms with van der Waals surface area (Å²) in [7, 11) is 0. The first-order valence-electron chi connectivity index (χ1n) is 4.52. The van der Waals surface area contributed by atoms with Crippen LogP contribution in [0.15, 0.2) is 0 Å². The normalized spacial score (nSPS) is 41.5. The Kier molecular flexibility index (Phi) is 1.47. The van der Waals surface area contributed by atoms with Crippen LogP contribution in [0.3, 0.4) is 0 Å². The predicted octanol–water partition coefficient (Wildman–Crippen LogP) is 0.470. The van der Waals surface area contributed by atoms with Crippen molar-refractivity contribution in [2.24, 2.45) is 5.92 Å². The van der Waals surface area contributed by atoms with Gasteiger partial charge in [0.05, 0.1) is 0 Å². The molecule has 72 valence electrons. The molecule has 4 heteroatoms. The van der Waals surface area contributed by atoms with Gasteiger partial charge in [-0.3, -0.25) is 4.79 Å². The Balaban J connectivity index is 2.34. The average Bonchev–Trinajstić information content (AvgIpc) is 2.33. The fourth-order valence-corrected chi connectivity index (χ4v) is 2.81. The van der Waals surface area contributed by atoms with Gasteiger partial charge in [-0.15, -0.1) is 0 Å². The summed E-state index contributed by atoms with van der Waals surface area (Å²) >= 11 is 0. The summed E-state index contributed by atoms with van der Waals surface area (Å²) < 4.78 is 0. The van der Waals surface area contributed by atoms with Crippen molar-refractivity contribution in [1.82, 2.24) is 4.90 Å². The molecule has 0 radical (unpaired) electrons. The van der Waals surface area contributed by atoms with Crippen molar-refractivity contribution >= 4 is 11.9 Å². The summed E-state index contributed by atoms with van der Waals surface area (Å²) in [4.78, 5) is 23.8. The maximum Gasteiger partial charge on any atom is 0.329 e. The summed E-state index contributed by atoms with van der Waals surface area (Å²) in [5, 5.41) is 9.05. The molecule has 2 heterocycles. The van der Waals surface area contributed by atoms with E-state index in [0.717, 1.165) is 0 Å². The van der Waals surface area contributed by atoms with Crippen LogP contribution >= 0.6 is 0 Å². The minimum atomic E-state index is -0.851. The van der Waals surface area contributed by atoms with Gasteiger partial charge >= 0.3 is 5.97 Å². The lowest BCUT2D eigenvalue weighted by atomic mass is 9.72. The number of amides is 1. The van der Waals surface area contributed by atoms with Gasteiger partial charge in [0.2, 0.25) is 5.91 Å². The van der Waals surface area contributed by atoms with Gasteiger partial charge in [-0.25, -0.2) is 4.79 Å². The first kappa shape index (κ1) is 8.53. The second-order valence-electron chi connectivity index (χ2n) is 4.13. The summed E-state index contributed by atoms with van der Waals surface area (Å²) in [5.41, 5.74) is -0.851.